The summed E-state index contributed by atoms with van der Waals surface area (Å²) in [6.07, 6.45) is 2.06. The molecule has 1 atom stereocenters. The van der Waals surface area contributed by atoms with Gasteiger partial charge in [-0.2, -0.15) is 0 Å². The van der Waals surface area contributed by atoms with Gasteiger partial charge in [0.15, 0.2) is 0 Å². The zero-order chi connectivity index (χ0) is 22.0. The van der Waals surface area contributed by atoms with Gasteiger partial charge in [0, 0.05) is 32.6 Å². The molecule has 0 aromatic heterocycles. The van der Waals surface area contributed by atoms with E-state index in [2.05, 4.69) is 26.1 Å². The highest BCUT2D eigenvalue weighted by molar-refractivity contribution is 5.87. The molecule has 1 unspecified atom stereocenters. The Balaban J connectivity index is 0.000000960. The number of nitrogens with zero attached hydrogens (tertiary/aromatic N) is 2. The molecule has 29 heavy (non-hydrogen) atoms. The van der Waals surface area contributed by atoms with Gasteiger partial charge in [-0.25, -0.2) is 0 Å². The van der Waals surface area contributed by atoms with E-state index >= 15 is 0 Å². The van der Waals surface area contributed by atoms with Crippen LogP contribution in [0, 0.1) is 17.8 Å². The number of nitrogens with one attached hydrogen (secondary N) is 1. The first-order valence-corrected chi connectivity index (χ1v) is 11.1. The van der Waals surface area contributed by atoms with Crippen molar-refractivity contribution in [3.63, 3.8) is 0 Å². The van der Waals surface area contributed by atoms with E-state index in [1.54, 1.807) is 4.90 Å². The average molecular weight is 412 g/mol. The van der Waals surface area contributed by atoms with Crippen LogP contribution in [-0.2, 0) is 19.1 Å². The first-order valence-electron chi connectivity index (χ1n) is 11.1. The highest BCUT2D eigenvalue weighted by atomic mass is 16.5. The minimum atomic E-state index is -0.218. The van der Waals surface area contributed by atoms with Crippen molar-refractivity contribution in [3.05, 3.63) is 0 Å². The van der Waals surface area contributed by atoms with Crippen molar-refractivity contribution in [1.29, 1.82) is 0 Å². The van der Waals surface area contributed by atoms with Crippen molar-refractivity contribution >= 4 is 17.8 Å². The summed E-state index contributed by atoms with van der Waals surface area (Å²) in [5.41, 5.74) is 0. The van der Waals surface area contributed by atoms with Crippen molar-refractivity contribution in [2.24, 2.45) is 17.8 Å². The Morgan fingerprint density at radius 2 is 1.69 bits per heavy atom. The van der Waals surface area contributed by atoms with Crippen LogP contribution >= 0.6 is 0 Å². The summed E-state index contributed by atoms with van der Waals surface area (Å²) in [6.45, 7) is 15.6. The van der Waals surface area contributed by atoms with Crippen molar-refractivity contribution in [2.45, 2.75) is 66.8 Å². The second kappa shape index (κ2) is 12.8. The third-order valence-corrected chi connectivity index (χ3v) is 4.84. The number of carbonyl (C=O) groups is 3. The van der Waals surface area contributed by atoms with E-state index < -0.39 is 0 Å². The van der Waals surface area contributed by atoms with Crippen molar-refractivity contribution in [2.75, 3.05) is 39.3 Å². The Morgan fingerprint density at radius 3 is 2.24 bits per heavy atom. The number of amides is 2. The molecule has 2 aliphatic heterocycles. The maximum Gasteiger partial charge on any atom is 0.306 e. The predicted octanol–water partition coefficient (Wildman–Crippen LogP) is 2.30. The van der Waals surface area contributed by atoms with Gasteiger partial charge in [0.1, 0.15) is 0 Å². The van der Waals surface area contributed by atoms with E-state index in [0.717, 1.165) is 25.3 Å². The fraction of sp³-hybridized carbons (Fsp3) is 0.864. The molecule has 1 N–H and O–H groups in total. The number of piperazine rings is 1. The maximum absolute atomic E-state index is 12.4. The summed E-state index contributed by atoms with van der Waals surface area (Å²) in [4.78, 5) is 39.8. The smallest absolute Gasteiger partial charge is 0.306 e. The average Bonchev–Trinajstić information content (AvgIpc) is 2.64. The van der Waals surface area contributed by atoms with Crippen molar-refractivity contribution in [3.8, 4) is 0 Å². The van der Waals surface area contributed by atoms with Crippen LogP contribution in [0.4, 0.5) is 0 Å². The van der Waals surface area contributed by atoms with Crippen LogP contribution in [0.5, 0.6) is 0 Å². The van der Waals surface area contributed by atoms with Gasteiger partial charge < -0.3 is 19.9 Å². The monoisotopic (exact) mass is 411 g/mol. The van der Waals surface area contributed by atoms with Crippen LogP contribution in [0.3, 0.4) is 0 Å². The quantitative estimate of drug-likeness (QED) is 0.679. The van der Waals surface area contributed by atoms with Crippen LogP contribution in [0.2, 0.25) is 0 Å². The number of carbonyl (C=O) groups excluding carboxylic acids is 3. The van der Waals surface area contributed by atoms with Crippen LogP contribution in [0.25, 0.3) is 0 Å². The molecule has 0 saturated carbocycles. The Morgan fingerprint density at radius 1 is 1.10 bits per heavy atom. The zero-order valence-electron chi connectivity index (χ0n) is 19.2. The fourth-order valence-electron chi connectivity index (χ4n) is 3.25. The molecule has 2 amide bonds. The number of piperidine rings is 1. The second-order valence-corrected chi connectivity index (χ2v) is 9.27. The third kappa shape index (κ3) is 10.1. The van der Waals surface area contributed by atoms with E-state index in [1.165, 1.54) is 0 Å². The fourth-order valence-corrected chi connectivity index (χ4v) is 3.25. The van der Waals surface area contributed by atoms with Gasteiger partial charge >= 0.3 is 5.97 Å². The third-order valence-electron chi connectivity index (χ3n) is 4.84. The SMILES string of the molecule is CC(C)C.CC(C)COC(=O)CC1CCN(C(=O)CN2CCNC(C)C2=O)CC1. The Bertz CT molecular complexity index is 525. The highest BCUT2D eigenvalue weighted by Gasteiger charge is 2.30. The van der Waals surface area contributed by atoms with Crippen LogP contribution in [0.1, 0.15) is 60.8 Å². The van der Waals surface area contributed by atoms with E-state index in [0.29, 0.717) is 38.6 Å². The van der Waals surface area contributed by atoms with Gasteiger partial charge in [0.25, 0.3) is 0 Å². The zero-order valence-corrected chi connectivity index (χ0v) is 19.2. The van der Waals surface area contributed by atoms with Gasteiger partial charge in [-0.15, -0.1) is 0 Å². The number of likely N-dealkylation sites (tertiary alicyclic amines) is 1. The molecular weight excluding hydrogens is 370 g/mol. The molecule has 0 bridgehead atoms. The van der Waals surface area contributed by atoms with Gasteiger partial charge in [-0.3, -0.25) is 14.4 Å². The molecule has 2 rings (SSSR count). The molecule has 2 fully saturated rings. The lowest BCUT2D eigenvalue weighted by molar-refractivity contribution is -0.147. The van der Waals surface area contributed by atoms with Crippen LogP contribution < -0.4 is 5.32 Å². The maximum atomic E-state index is 12.4. The lowest BCUT2D eigenvalue weighted by Crippen LogP contribution is -2.56. The number of hydrogen-bond acceptors (Lipinski definition) is 5. The summed E-state index contributed by atoms with van der Waals surface area (Å²) < 4.78 is 5.23. The molecule has 7 heteroatoms. The topological polar surface area (TPSA) is 79.0 Å². The minimum Gasteiger partial charge on any atom is -0.465 e. The molecule has 2 saturated heterocycles. The van der Waals surface area contributed by atoms with Crippen molar-refractivity contribution < 1.29 is 19.1 Å². The Kier molecular flexibility index (Phi) is 11.2. The Hall–Kier alpha value is -1.63. The summed E-state index contributed by atoms with van der Waals surface area (Å²) in [6, 6.07) is -0.218. The summed E-state index contributed by atoms with van der Waals surface area (Å²) in [5.74, 6) is 1.31. The molecule has 168 valence electrons. The summed E-state index contributed by atoms with van der Waals surface area (Å²) >= 11 is 0. The summed E-state index contributed by atoms with van der Waals surface area (Å²) in [7, 11) is 0. The van der Waals surface area contributed by atoms with Crippen molar-refractivity contribution in [1.82, 2.24) is 15.1 Å². The molecule has 0 aromatic carbocycles. The van der Waals surface area contributed by atoms with Crippen LogP contribution in [-0.4, -0.2) is 73.0 Å². The van der Waals surface area contributed by atoms with E-state index in [4.69, 9.17) is 4.74 Å². The molecule has 2 heterocycles. The van der Waals surface area contributed by atoms with E-state index in [1.807, 2.05) is 25.7 Å². The van der Waals surface area contributed by atoms with Gasteiger partial charge in [0.2, 0.25) is 11.8 Å². The van der Waals surface area contributed by atoms with Crippen LogP contribution in [0.15, 0.2) is 0 Å². The predicted molar refractivity (Wildman–Crippen MR) is 114 cm³/mol. The lowest BCUT2D eigenvalue weighted by Gasteiger charge is -2.35. The molecule has 0 aromatic rings. The highest BCUT2D eigenvalue weighted by Crippen LogP contribution is 2.21. The van der Waals surface area contributed by atoms with E-state index in [-0.39, 0.29) is 36.3 Å². The van der Waals surface area contributed by atoms with Gasteiger partial charge in [-0.05, 0) is 37.5 Å². The first-order chi connectivity index (χ1) is 13.6. The second-order valence-electron chi connectivity index (χ2n) is 9.27. The van der Waals surface area contributed by atoms with Gasteiger partial charge in [-0.1, -0.05) is 34.6 Å². The molecule has 0 aliphatic carbocycles. The lowest BCUT2D eigenvalue weighted by atomic mass is 9.93. The number of rotatable bonds is 6. The molecule has 2 aliphatic rings. The normalized spacial score (nSPS) is 20.6. The first kappa shape index (κ1) is 25.4. The van der Waals surface area contributed by atoms with Gasteiger partial charge in [0.05, 0.1) is 19.2 Å². The number of esters is 1. The number of hydrogen-bond donors (Lipinski definition) is 1. The summed E-state index contributed by atoms with van der Waals surface area (Å²) in [5, 5.41) is 3.10. The largest absolute Gasteiger partial charge is 0.465 e. The number of ether oxygens (including phenoxy) is 1. The van der Waals surface area contributed by atoms with E-state index in [9.17, 15) is 14.4 Å². The molecule has 0 radical (unpaired) electrons. The Labute approximate surface area is 176 Å². The minimum absolute atomic E-state index is 0.00304. The standard InChI is InChI=1S/C18H31N3O4.C4H10/c1-13(2)12-25-17(23)10-15-4-7-20(8-5-15)16(22)11-21-9-6-19-14(3)18(21)24;1-4(2)3/h13-15,19H,4-12H2,1-3H3;4H,1-3H3. The molecule has 0 spiro atoms. The molecular formula is C22H41N3O4. The molecule has 7 nitrogen and oxygen atoms in total.